The van der Waals surface area contributed by atoms with E-state index in [1.54, 1.807) is 31.2 Å². The summed E-state index contributed by atoms with van der Waals surface area (Å²) in [6.07, 6.45) is 0.978. The lowest BCUT2D eigenvalue weighted by molar-refractivity contribution is -0.139. The number of hydrogen-bond acceptors (Lipinski definition) is 4. The van der Waals surface area contributed by atoms with Gasteiger partial charge in [0.15, 0.2) is 0 Å². The van der Waals surface area contributed by atoms with E-state index in [4.69, 9.17) is 34.8 Å². The molecule has 2 aromatic rings. The van der Waals surface area contributed by atoms with Gasteiger partial charge in [0.25, 0.3) is 0 Å². The molecule has 0 saturated heterocycles. The van der Waals surface area contributed by atoms with Crippen LogP contribution in [0.1, 0.15) is 26.3 Å². The first-order chi connectivity index (χ1) is 15.8. The zero-order valence-electron chi connectivity index (χ0n) is 19.4. The van der Waals surface area contributed by atoms with Crippen LogP contribution in [0.3, 0.4) is 0 Å². The van der Waals surface area contributed by atoms with Gasteiger partial charge in [-0.05, 0) is 42.7 Å². The molecule has 0 bridgehead atoms. The van der Waals surface area contributed by atoms with E-state index in [9.17, 15) is 18.0 Å². The zero-order chi connectivity index (χ0) is 25.6. The van der Waals surface area contributed by atoms with Crippen molar-refractivity contribution >= 4 is 62.3 Å². The lowest BCUT2D eigenvalue weighted by atomic mass is 10.1. The molecule has 1 atom stereocenters. The molecule has 1 N–H and O–H groups in total. The van der Waals surface area contributed by atoms with Crippen LogP contribution < -0.4 is 9.62 Å². The Kier molecular flexibility index (Phi) is 10.1. The van der Waals surface area contributed by atoms with Crippen LogP contribution in [0.2, 0.25) is 15.1 Å². The minimum Gasteiger partial charge on any atom is -0.354 e. The summed E-state index contributed by atoms with van der Waals surface area (Å²) in [5, 5.41) is 3.68. The van der Waals surface area contributed by atoms with E-state index in [1.165, 1.54) is 23.1 Å². The number of benzene rings is 2. The number of carbonyl (C=O) groups is 2. The monoisotopic (exact) mass is 547 g/mol. The third-order valence-corrected chi connectivity index (χ3v) is 6.91. The molecule has 2 amide bonds. The second kappa shape index (κ2) is 12.1. The molecule has 34 heavy (non-hydrogen) atoms. The van der Waals surface area contributed by atoms with Gasteiger partial charge in [-0.15, -0.1) is 0 Å². The standard InChI is InChI=1S/C23H28Cl3N3O4S/c1-15(2)12-27-23(31)16(3)28(13-17-7-5-6-8-21(17)26)22(30)14-29(34(4,32)33)20-10-18(24)9-19(25)11-20/h5-11,15-16H,12-14H2,1-4H3,(H,27,31). The van der Waals surface area contributed by atoms with E-state index >= 15 is 0 Å². The Morgan fingerprint density at radius 2 is 1.59 bits per heavy atom. The summed E-state index contributed by atoms with van der Waals surface area (Å²) in [4.78, 5) is 27.6. The SMILES string of the molecule is CC(C)CNC(=O)C(C)N(Cc1ccccc1Cl)C(=O)CN(c1cc(Cl)cc(Cl)c1)S(C)(=O)=O. The summed E-state index contributed by atoms with van der Waals surface area (Å²) in [5.41, 5.74) is 0.765. The summed E-state index contributed by atoms with van der Waals surface area (Å²) < 4.78 is 26.1. The molecule has 186 valence electrons. The average Bonchev–Trinajstić information content (AvgIpc) is 2.73. The Hall–Kier alpha value is -2.00. The zero-order valence-corrected chi connectivity index (χ0v) is 22.5. The maximum absolute atomic E-state index is 13.5. The van der Waals surface area contributed by atoms with Crippen LogP contribution in [-0.4, -0.2) is 50.5 Å². The number of anilines is 1. The van der Waals surface area contributed by atoms with Gasteiger partial charge < -0.3 is 10.2 Å². The highest BCUT2D eigenvalue weighted by molar-refractivity contribution is 7.92. The molecule has 7 nitrogen and oxygen atoms in total. The molecule has 0 fully saturated rings. The van der Waals surface area contributed by atoms with Crippen LogP contribution in [0.5, 0.6) is 0 Å². The second-order valence-electron chi connectivity index (χ2n) is 8.33. The molecular formula is C23H28Cl3N3O4S. The fraction of sp³-hybridized carbons (Fsp3) is 0.391. The second-order valence-corrected chi connectivity index (χ2v) is 11.5. The maximum Gasteiger partial charge on any atom is 0.244 e. The van der Waals surface area contributed by atoms with Gasteiger partial charge in [0.2, 0.25) is 21.8 Å². The largest absolute Gasteiger partial charge is 0.354 e. The third kappa shape index (κ3) is 8.05. The Morgan fingerprint density at radius 1 is 1.00 bits per heavy atom. The molecule has 0 spiro atoms. The molecule has 0 heterocycles. The Morgan fingerprint density at radius 3 is 2.12 bits per heavy atom. The van der Waals surface area contributed by atoms with Gasteiger partial charge in [0, 0.05) is 28.2 Å². The molecule has 2 rings (SSSR count). The van der Waals surface area contributed by atoms with Crippen molar-refractivity contribution in [3.63, 3.8) is 0 Å². The summed E-state index contributed by atoms with van der Waals surface area (Å²) in [7, 11) is -3.89. The van der Waals surface area contributed by atoms with Crippen LogP contribution in [0, 0.1) is 5.92 Å². The minimum absolute atomic E-state index is 0.0165. The summed E-state index contributed by atoms with van der Waals surface area (Å²) >= 11 is 18.4. The number of carbonyl (C=O) groups excluding carboxylic acids is 2. The van der Waals surface area contributed by atoms with E-state index in [2.05, 4.69) is 5.32 Å². The molecule has 0 aliphatic rings. The van der Waals surface area contributed by atoms with Gasteiger partial charge in [-0.2, -0.15) is 0 Å². The number of halogens is 3. The molecule has 2 aromatic carbocycles. The van der Waals surface area contributed by atoms with Crippen LogP contribution in [0.4, 0.5) is 5.69 Å². The van der Waals surface area contributed by atoms with Gasteiger partial charge >= 0.3 is 0 Å². The Balaban J connectivity index is 2.41. The van der Waals surface area contributed by atoms with E-state index < -0.39 is 28.5 Å². The van der Waals surface area contributed by atoms with Crippen molar-refractivity contribution in [1.82, 2.24) is 10.2 Å². The van der Waals surface area contributed by atoms with Crippen molar-refractivity contribution in [2.24, 2.45) is 5.92 Å². The molecule has 0 radical (unpaired) electrons. The van der Waals surface area contributed by atoms with E-state index in [-0.39, 0.29) is 34.1 Å². The lowest BCUT2D eigenvalue weighted by Gasteiger charge is -2.32. The summed E-state index contributed by atoms with van der Waals surface area (Å²) in [6.45, 7) is 5.40. The smallest absolute Gasteiger partial charge is 0.244 e. The number of hydrogen-bond donors (Lipinski definition) is 1. The molecule has 0 saturated carbocycles. The van der Waals surface area contributed by atoms with Crippen molar-refractivity contribution in [3.05, 3.63) is 63.1 Å². The summed E-state index contributed by atoms with van der Waals surface area (Å²) in [5.74, 6) is -0.725. The summed E-state index contributed by atoms with van der Waals surface area (Å²) in [6, 6.07) is 10.3. The van der Waals surface area contributed by atoms with Crippen molar-refractivity contribution in [1.29, 1.82) is 0 Å². The van der Waals surface area contributed by atoms with Gasteiger partial charge in [-0.1, -0.05) is 66.8 Å². The van der Waals surface area contributed by atoms with Crippen molar-refractivity contribution < 1.29 is 18.0 Å². The quantitative estimate of drug-likeness (QED) is 0.470. The van der Waals surface area contributed by atoms with Crippen molar-refractivity contribution in [2.45, 2.75) is 33.4 Å². The van der Waals surface area contributed by atoms with Crippen LogP contribution in [-0.2, 0) is 26.2 Å². The fourth-order valence-electron chi connectivity index (χ4n) is 3.14. The molecule has 0 aliphatic carbocycles. The predicted molar refractivity (Wildman–Crippen MR) is 138 cm³/mol. The van der Waals surface area contributed by atoms with Crippen molar-refractivity contribution in [2.75, 3.05) is 23.7 Å². The minimum atomic E-state index is -3.89. The Labute approximate surface area is 216 Å². The lowest BCUT2D eigenvalue weighted by Crippen LogP contribution is -2.51. The third-order valence-electron chi connectivity index (χ3n) is 4.96. The number of nitrogens with one attached hydrogen (secondary N) is 1. The number of rotatable bonds is 10. The topological polar surface area (TPSA) is 86.8 Å². The first-order valence-corrected chi connectivity index (χ1v) is 13.5. The number of amides is 2. The highest BCUT2D eigenvalue weighted by Crippen LogP contribution is 2.27. The van der Waals surface area contributed by atoms with Gasteiger partial charge in [0.1, 0.15) is 12.6 Å². The highest BCUT2D eigenvalue weighted by atomic mass is 35.5. The van der Waals surface area contributed by atoms with Crippen molar-refractivity contribution in [3.8, 4) is 0 Å². The van der Waals surface area contributed by atoms with Gasteiger partial charge in [0.05, 0.1) is 11.9 Å². The fourth-order valence-corrected chi connectivity index (χ4v) is 4.69. The van der Waals surface area contributed by atoms with E-state index in [1.807, 2.05) is 13.8 Å². The molecule has 1 unspecified atom stereocenters. The maximum atomic E-state index is 13.5. The highest BCUT2D eigenvalue weighted by Gasteiger charge is 2.30. The van der Waals surface area contributed by atoms with Gasteiger partial charge in [-0.3, -0.25) is 13.9 Å². The van der Waals surface area contributed by atoms with Crippen LogP contribution >= 0.6 is 34.8 Å². The number of sulfonamides is 1. The predicted octanol–water partition coefficient (Wildman–Crippen LogP) is 4.60. The molecule has 0 aromatic heterocycles. The van der Waals surface area contributed by atoms with E-state index in [0.29, 0.717) is 17.1 Å². The first-order valence-electron chi connectivity index (χ1n) is 10.5. The molecule has 0 aliphatic heterocycles. The number of nitrogens with zero attached hydrogens (tertiary/aromatic N) is 2. The molecular weight excluding hydrogens is 521 g/mol. The first kappa shape index (κ1) is 28.2. The van der Waals surface area contributed by atoms with Crippen LogP contribution in [0.15, 0.2) is 42.5 Å². The van der Waals surface area contributed by atoms with Crippen LogP contribution in [0.25, 0.3) is 0 Å². The average molecular weight is 549 g/mol. The normalized spacial score (nSPS) is 12.4. The van der Waals surface area contributed by atoms with E-state index in [0.717, 1.165) is 10.6 Å². The molecule has 11 heteroatoms. The van der Waals surface area contributed by atoms with Gasteiger partial charge in [-0.25, -0.2) is 8.42 Å². The Bertz CT molecular complexity index is 1120.